The molecule has 7 heteroatoms. The van der Waals surface area contributed by atoms with Crippen LogP contribution in [-0.2, 0) is 14.9 Å². The van der Waals surface area contributed by atoms with Crippen LogP contribution in [0.5, 0.6) is 0 Å². The van der Waals surface area contributed by atoms with Crippen LogP contribution in [0.1, 0.15) is 123 Å². The third-order valence-electron chi connectivity index (χ3n) is 6.46. The van der Waals surface area contributed by atoms with E-state index < -0.39 is 15.5 Å². The van der Waals surface area contributed by atoms with Gasteiger partial charge >= 0.3 is 10.1 Å². The standard InChI is InChI=1S/C25H52N2O4S/c1-5-7-8-9-10-11-12-13-14-15-16-17-18-19-21-24(28)26-22-20-23-27(3,4)25(6-2)32(29,30)31/h25H,5-23H2,1-4H3,(H-,26,28,29,30,31)/p+1. The molecule has 0 aliphatic heterocycles. The van der Waals surface area contributed by atoms with E-state index in [0.29, 0.717) is 32.4 Å². The normalized spacial score (nSPS) is 13.3. The van der Waals surface area contributed by atoms with E-state index in [-0.39, 0.29) is 10.4 Å². The molecule has 0 aliphatic carbocycles. The topological polar surface area (TPSA) is 83.5 Å². The molecule has 0 saturated heterocycles. The molecule has 6 nitrogen and oxygen atoms in total. The first-order valence-corrected chi connectivity index (χ1v) is 14.7. The maximum atomic E-state index is 12.0. The van der Waals surface area contributed by atoms with Gasteiger partial charge in [-0.2, -0.15) is 8.42 Å². The minimum absolute atomic E-state index is 0.0797. The molecular formula is C25H53N2O4S+. The summed E-state index contributed by atoms with van der Waals surface area (Å²) >= 11 is 0. The number of nitrogens with zero attached hydrogens (tertiary/aromatic N) is 1. The SMILES string of the molecule is CCCCCCCCCCCCCCCCC(=O)NCCC[N+](C)(C)C(CC)S(=O)(=O)O. The molecule has 1 atom stereocenters. The fraction of sp³-hybridized carbons (Fsp3) is 0.960. The van der Waals surface area contributed by atoms with Gasteiger partial charge in [0.05, 0.1) is 20.6 Å². The molecule has 0 bridgehead atoms. The smallest absolute Gasteiger partial charge is 0.319 e. The number of quaternary nitrogens is 1. The summed E-state index contributed by atoms with van der Waals surface area (Å²) in [5, 5.41) is 2.11. The predicted molar refractivity (Wildman–Crippen MR) is 135 cm³/mol. The maximum Gasteiger partial charge on any atom is 0.319 e. The van der Waals surface area contributed by atoms with Gasteiger partial charge in [0.15, 0.2) is 0 Å². The van der Waals surface area contributed by atoms with E-state index in [4.69, 9.17) is 0 Å². The first-order valence-electron chi connectivity index (χ1n) is 13.2. The molecule has 0 aromatic carbocycles. The molecule has 0 aliphatic rings. The zero-order chi connectivity index (χ0) is 24.3. The van der Waals surface area contributed by atoms with E-state index >= 15 is 0 Å². The van der Waals surface area contributed by atoms with Gasteiger partial charge in [-0.1, -0.05) is 97.3 Å². The molecule has 1 unspecified atom stereocenters. The zero-order valence-electron chi connectivity index (χ0n) is 21.5. The van der Waals surface area contributed by atoms with Gasteiger partial charge in [-0.3, -0.25) is 9.35 Å². The van der Waals surface area contributed by atoms with Gasteiger partial charge in [-0.15, -0.1) is 0 Å². The van der Waals surface area contributed by atoms with E-state index in [1.807, 2.05) is 0 Å². The summed E-state index contributed by atoms with van der Waals surface area (Å²) in [5.74, 6) is 0.0797. The number of hydrogen-bond acceptors (Lipinski definition) is 3. The second-order valence-electron chi connectivity index (χ2n) is 9.93. The Bertz CT molecular complexity index is 564. The maximum absolute atomic E-state index is 12.0. The van der Waals surface area contributed by atoms with Crippen molar-refractivity contribution in [2.24, 2.45) is 0 Å². The summed E-state index contributed by atoms with van der Waals surface area (Å²) in [7, 11) is -0.466. The van der Waals surface area contributed by atoms with Crippen LogP contribution in [0.15, 0.2) is 0 Å². The van der Waals surface area contributed by atoms with Gasteiger partial charge in [-0.25, -0.2) is 0 Å². The minimum atomic E-state index is -4.07. The average Bonchev–Trinajstić information content (AvgIpc) is 2.70. The third-order valence-corrected chi connectivity index (χ3v) is 8.06. The first kappa shape index (κ1) is 31.3. The molecule has 0 radical (unpaired) electrons. The van der Waals surface area contributed by atoms with Crippen molar-refractivity contribution in [3.63, 3.8) is 0 Å². The largest absolute Gasteiger partial charge is 0.356 e. The number of nitrogens with one attached hydrogen (secondary N) is 1. The Hall–Kier alpha value is -0.660. The molecule has 192 valence electrons. The van der Waals surface area contributed by atoms with E-state index in [9.17, 15) is 17.8 Å². The van der Waals surface area contributed by atoms with E-state index in [0.717, 1.165) is 12.8 Å². The summed E-state index contributed by atoms with van der Waals surface area (Å²) in [6.45, 7) is 5.15. The molecule has 0 aromatic heterocycles. The van der Waals surface area contributed by atoms with E-state index in [1.54, 1.807) is 21.0 Å². The van der Waals surface area contributed by atoms with E-state index in [2.05, 4.69) is 12.2 Å². The first-order chi connectivity index (χ1) is 15.1. The highest BCUT2D eigenvalue weighted by molar-refractivity contribution is 7.86. The van der Waals surface area contributed by atoms with Gasteiger partial charge in [0.2, 0.25) is 11.3 Å². The molecule has 32 heavy (non-hydrogen) atoms. The Morgan fingerprint density at radius 3 is 1.62 bits per heavy atom. The van der Waals surface area contributed by atoms with Crippen molar-refractivity contribution in [3.05, 3.63) is 0 Å². The minimum Gasteiger partial charge on any atom is -0.356 e. The molecule has 0 fully saturated rings. The number of carbonyl (C=O) groups is 1. The summed E-state index contributed by atoms with van der Waals surface area (Å²) in [6, 6.07) is 0. The number of carbonyl (C=O) groups excluding carboxylic acids is 1. The Morgan fingerprint density at radius 1 is 0.781 bits per heavy atom. The lowest BCUT2D eigenvalue weighted by Crippen LogP contribution is -2.53. The Labute approximate surface area is 199 Å². The van der Waals surface area contributed by atoms with Crippen molar-refractivity contribution in [1.82, 2.24) is 5.32 Å². The van der Waals surface area contributed by atoms with Crippen molar-refractivity contribution in [3.8, 4) is 0 Å². The van der Waals surface area contributed by atoms with E-state index in [1.165, 1.54) is 77.0 Å². The van der Waals surface area contributed by atoms with Crippen molar-refractivity contribution >= 4 is 16.0 Å². The van der Waals surface area contributed by atoms with Gasteiger partial charge in [0, 0.05) is 25.8 Å². The molecule has 1 amide bonds. The van der Waals surface area contributed by atoms with Crippen molar-refractivity contribution in [2.45, 2.75) is 128 Å². The van der Waals surface area contributed by atoms with Crippen molar-refractivity contribution in [1.29, 1.82) is 0 Å². The second kappa shape index (κ2) is 18.7. The van der Waals surface area contributed by atoms with Gasteiger partial charge in [0.25, 0.3) is 0 Å². The molecule has 0 rings (SSSR count). The lowest BCUT2D eigenvalue weighted by molar-refractivity contribution is -0.901. The highest BCUT2D eigenvalue weighted by atomic mass is 32.2. The fourth-order valence-corrected chi connectivity index (χ4v) is 5.74. The Kier molecular flexibility index (Phi) is 18.3. The predicted octanol–water partition coefficient (Wildman–Crippen LogP) is 6.06. The summed E-state index contributed by atoms with van der Waals surface area (Å²) in [5.41, 5.74) is 0. The molecule has 0 heterocycles. The molecule has 2 N–H and O–H groups in total. The summed E-state index contributed by atoms with van der Waals surface area (Å²) in [6.07, 6.45) is 19.9. The van der Waals surface area contributed by atoms with Gasteiger partial charge in [0.1, 0.15) is 0 Å². The lowest BCUT2D eigenvalue weighted by Gasteiger charge is -2.35. The number of hydrogen-bond donors (Lipinski definition) is 2. The quantitative estimate of drug-likeness (QED) is 0.113. The fourth-order valence-electron chi connectivity index (χ4n) is 4.49. The molecule has 0 saturated carbocycles. The number of unbranched alkanes of at least 4 members (excludes halogenated alkanes) is 13. The zero-order valence-corrected chi connectivity index (χ0v) is 22.4. The monoisotopic (exact) mass is 477 g/mol. The number of amides is 1. The van der Waals surface area contributed by atoms with Crippen molar-refractivity contribution < 1.29 is 22.2 Å². The van der Waals surface area contributed by atoms with Crippen LogP contribution >= 0.6 is 0 Å². The average molecular weight is 478 g/mol. The van der Waals surface area contributed by atoms with Crippen LogP contribution in [0.4, 0.5) is 0 Å². The van der Waals surface area contributed by atoms with Crippen LogP contribution in [0.2, 0.25) is 0 Å². The second-order valence-corrected chi connectivity index (χ2v) is 11.5. The van der Waals surface area contributed by atoms with Crippen LogP contribution in [0.25, 0.3) is 0 Å². The summed E-state index contributed by atoms with van der Waals surface area (Å²) < 4.78 is 32.7. The molecule has 0 aromatic rings. The summed E-state index contributed by atoms with van der Waals surface area (Å²) in [4.78, 5) is 12.0. The highest BCUT2D eigenvalue weighted by Crippen LogP contribution is 2.17. The van der Waals surface area contributed by atoms with Gasteiger partial charge < -0.3 is 9.80 Å². The highest BCUT2D eigenvalue weighted by Gasteiger charge is 2.36. The molecular weight excluding hydrogens is 424 g/mol. The van der Waals surface area contributed by atoms with Crippen molar-refractivity contribution in [2.75, 3.05) is 27.2 Å². The van der Waals surface area contributed by atoms with Crippen LogP contribution < -0.4 is 5.32 Å². The van der Waals surface area contributed by atoms with Crippen LogP contribution in [0, 0.1) is 0 Å². The van der Waals surface area contributed by atoms with Gasteiger partial charge in [-0.05, 0) is 6.42 Å². The number of rotatable bonds is 22. The Morgan fingerprint density at radius 2 is 1.22 bits per heavy atom. The van der Waals surface area contributed by atoms with Crippen LogP contribution in [0.3, 0.4) is 0 Å². The lowest BCUT2D eigenvalue weighted by atomic mass is 10.0. The Balaban J connectivity index is 3.58. The van der Waals surface area contributed by atoms with Crippen LogP contribution in [-0.4, -0.2) is 55.9 Å². The third kappa shape index (κ3) is 16.9. The molecule has 0 spiro atoms.